The fourth-order valence-corrected chi connectivity index (χ4v) is 3.06. The van der Waals surface area contributed by atoms with E-state index in [0.717, 1.165) is 10.0 Å². The number of allylic oxidation sites excluding steroid dienone is 3. The normalized spacial score (nSPS) is 19.4. The van der Waals surface area contributed by atoms with E-state index in [2.05, 4.69) is 21.2 Å². The highest BCUT2D eigenvalue weighted by molar-refractivity contribution is 9.10. The Morgan fingerprint density at radius 2 is 1.92 bits per heavy atom. The quantitative estimate of drug-likeness (QED) is 0.595. The number of hydrogen-bond acceptors (Lipinski definition) is 3. The SMILES string of the molecule is O=C(/C=C/C=C\c1ccccc1)C[C@]1(O)C(=O)Nc2ccc(Br)cc21. The molecule has 0 radical (unpaired) electrons. The summed E-state index contributed by atoms with van der Waals surface area (Å²) in [6.07, 6.45) is 6.27. The molecule has 0 aromatic heterocycles. The van der Waals surface area contributed by atoms with Crippen LogP contribution in [0.25, 0.3) is 6.08 Å². The number of rotatable bonds is 5. The van der Waals surface area contributed by atoms with Crippen LogP contribution in [0.3, 0.4) is 0 Å². The van der Waals surface area contributed by atoms with E-state index in [4.69, 9.17) is 0 Å². The summed E-state index contributed by atoms with van der Waals surface area (Å²) in [4.78, 5) is 24.3. The number of benzene rings is 2. The third-order valence-electron chi connectivity index (χ3n) is 3.96. The summed E-state index contributed by atoms with van der Waals surface area (Å²) < 4.78 is 0.731. The molecule has 0 saturated heterocycles. The van der Waals surface area contributed by atoms with Crippen LogP contribution in [0.4, 0.5) is 5.69 Å². The molecule has 1 heterocycles. The summed E-state index contributed by atoms with van der Waals surface area (Å²) in [6, 6.07) is 14.8. The van der Waals surface area contributed by atoms with Crippen LogP contribution < -0.4 is 5.32 Å². The number of amides is 1. The molecule has 3 rings (SSSR count). The predicted molar refractivity (Wildman–Crippen MR) is 101 cm³/mol. The lowest BCUT2D eigenvalue weighted by Crippen LogP contribution is -2.36. The summed E-state index contributed by atoms with van der Waals surface area (Å²) in [6.45, 7) is 0. The van der Waals surface area contributed by atoms with Crippen LogP contribution in [-0.4, -0.2) is 16.8 Å². The van der Waals surface area contributed by atoms with Crippen molar-refractivity contribution in [3.8, 4) is 0 Å². The van der Waals surface area contributed by atoms with E-state index in [1.54, 1.807) is 30.4 Å². The minimum atomic E-state index is -1.84. The molecule has 0 saturated carbocycles. The maximum absolute atomic E-state index is 12.2. The van der Waals surface area contributed by atoms with E-state index in [1.165, 1.54) is 6.08 Å². The van der Waals surface area contributed by atoms with E-state index in [9.17, 15) is 14.7 Å². The van der Waals surface area contributed by atoms with Crippen LogP contribution in [0.2, 0.25) is 0 Å². The molecule has 1 atom stereocenters. The fraction of sp³-hybridized carbons (Fsp3) is 0.100. The zero-order valence-corrected chi connectivity index (χ0v) is 14.9. The molecule has 2 aromatic carbocycles. The lowest BCUT2D eigenvalue weighted by Gasteiger charge is -2.19. The van der Waals surface area contributed by atoms with Gasteiger partial charge in [-0.25, -0.2) is 0 Å². The third kappa shape index (κ3) is 3.78. The summed E-state index contributed by atoms with van der Waals surface area (Å²) in [5.41, 5.74) is 0.112. The highest BCUT2D eigenvalue weighted by Crippen LogP contribution is 2.39. The zero-order chi connectivity index (χ0) is 17.9. The Morgan fingerprint density at radius 3 is 2.68 bits per heavy atom. The van der Waals surface area contributed by atoms with Gasteiger partial charge in [-0.1, -0.05) is 64.5 Å². The number of carbonyl (C=O) groups is 2. The Morgan fingerprint density at radius 1 is 1.16 bits per heavy atom. The number of nitrogens with one attached hydrogen (secondary N) is 1. The second-order valence-electron chi connectivity index (χ2n) is 5.78. The molecular formula is C20H16BrNO3. The van der Waals surface area contributed by atoms with Crippen molar-refractivity contribution in [2.75, 3.05) is 5.32 Å². The standard InChI is InChI=1S/C20H16BrNO3/c21-15-10-11-18-17(12-15)20(25,19(24)22-18)13-16(23)9-5-4-8-14-6-2-1-3-7-14/h1-12,25H,13H2,(H,22,24)/b8-4-,9-5+/t20-/m1/s1. The van der Waals surface area contributed by atoms with Crippen LogP contribution in [0.5, 0.6) is 0 Å². The summed E-state index contributed by atoms with van der Waals surface area (Å²) >= 11 is 3.32. The van der Waals surface area contributed by atoms with Gasteiger partial charge < -0.3 is 10.4 Å². The number of halogens is 1. The van der Waals surface area contributed by atoms with Gasteiger partial charge >= 0.3 is 0 Å². The Labute approximate surface area is 154 Å². The molecule has 0 fully saturated rings. The lowest BCUT2D eigenvalue weighted by molar-refractivity contribution is -0.138. The van der Waals surface area contributed by atoms with Gasteiger partial charge in [0.2, 0.25) is 0 Å². The van der Waals surface area contributed by atoms with E-state index in [0.29, 0.717) is 11.3 Å². The van der Waals surface area contributed by atoms with Crippen molar-refractivity contribution in [3.05, 3.63) is 82.4 Å². The molecule has 0 aliphatic carbocycles. The molecule has 1 aliphatic rings. The Hall–Kier alpha value is -2.50. The second kappa shape index (κ2) is 7.17. The molecule has 4 nitrogen and oxygen atoms in total. The maximum Gasteiger partial charge on any atom is 0.261 e. The average Bonchev–Trinajstić information content (AvgIpc) is 2.83. The Kier molecular flexibility index (Phi) is 4.97. The molecular weight excluding hydrogens is 382 g/mol. The van der Waals surface area contributed by atoms with Crippen LogP contribution in [0.1, 0.15) is 17.5 Å². The van der Waals surface area contributed by atoms with E-state index >= 15 is 0 Å². The van der Waals surface area contributed by atoms with Crippen molar-refractivity contribution in [3.63, 3.8) is 0 Å². The number of ketones is 1. The minimum Gasteiger partial charge on any atom is -0.375 e. The van der Waals surface area contributed by atoms with Crippen molar-refractivity contribution >= 4 is 39.4 Å². The molecule has 0 spiro atoms. The number of carbonyl (C=O) groups excluding carboxylic acids is 2. The average molecular weight is 398 g/mol. The number of anilines is 1. The van der Waals surface area contributed by atoms with Crippen molar-refractivity contribution in [2.45, 2.75) is 12.0 Å². The van der Waals surface area contributed by atoms with Crippen molar-refractivity contribution in [1.29, 1.82) is 0 Å². The zero-order valence-electron chi connectivity index (χ0n) is 13.3. The van der Waals surface area contributed by atoms with Gasteiger partial charge in [0.1, 0.15) is 0 Å². The highest BCUT2D eigenvalue weighted by Gasteiger charge is 2.46. The van der Waals surface area contributed by atoms with Crippen LogP contribution >= 0.6 is 15.9 Å². The van der Waals surface area contributed by atoms with Crippen LogP contribution in [0, 0.1) is 0 Å². The lowest BCUT2D eigenvalue weighted by atomic mass is 9.90. The first kappa shape index (κ1) is 17.3. The smallest absolute Gasteiger partial charge is 0.261 e. The van der Waals surface area contributed by atoms with Crippen molar-refractivity contribution in [1.82, 2.24) is 0 Å². The third-order valence-corrected chi connectivity index (χ3v) is 4.46. The monoisotopic (exact) mass is 397 g/mol. The first-order chi connectivity index (χ1) is 12.0. The Balaban J connectivity index is 1.71. The molecule has 126 valence electrons. The number of fused-ring (bicyclic) bond motifs is 1. The van der Waals surface area contributed by atoms with Gasteiger partial charge in [0.25, 0.3) is 5.91 Å². The van der Waals surface area contributed by atoms with E-state index in [1.807, 2.05) is 36.4 Å². The molecule has 25 heavy (non-hydrogen) atoms. The van der Waals surface area contributed by atoms with Gasteiger partial charge in [0.15, 0.2) is 11.4 Å². The van der Waals surface area contributed by atoms with Gasteiger partial charge in [0, 0.05) is 15.7 Å². The summed E-state index contributed by atoms with van der Waals surface area (Å²) in [5, 5.41) is 13.3. The topological polar surface area (TPSA) is 66.4 Å². The molecule has 5 heteroatoms. The number of hydrogen-bond donors (Lipinski definition) is 2. The van der Waals surface area contributed by atoms with Crippen LogP contribution in [0.15, 0.2) is 71.2 Å². The van der Waals surface area contributed by atoms with Gasteiger partial charge in [0.05, 0.1) is 6.42 Å². The largest absolute Gasteiger partial charge is 0.375 e. The Bertz CT molecular complexity index is 874. The summed E-state index contributed by atoms with van der Waals surface area (Å²) in [7, 11) is 0. The van der Waals surface area contributed by atoms with Crippen molar-refractivity contribution < 1.29 is 14.7 Å². The molecule has 2 N–H and O–H groups in total. The fourth-order valence-electron chi connectivity index (χ4n) is 2.70. The molecule has 1 amide bonds. The molecule has 0 bridgehead atoms. The molecule has 0 unspecified atom stereocenters. The van der Waals surface area contributed by atoms with Gasteiger partial charge in [-0.05, 0) is 29.8 Å². The summed E-state index contributed by atoms with van der Waals surface area (Å²) in [5.74, 6) is -0.912. The first-order valence-electron chi connectivity index (χ1n) is 7.75. The van der Waals surface area contributed by atoms with Crippen molar-refractivity contribution in [2.24, 2.45) is 0 Å². The highest BCUT2D eigenvalue weighted by atomic mass is 79.9. The predicted octanol–water partition coefficient (Wildman–Crippen LogP) is 3.82. The second-order valence-corrected chi connectivity index (χ2v) is 6.69. The van der Waals surface area contributed by atoms with Gasteiger partial charge in [-0.15, -0.1) is 0 Å². The maximum atomic E-state index is 12.2. The van der Waals surface area contributed by atoms with E-state index < -0.39 is 11.5 Å². The minimum absolute atomic E-state index is 0.308. The molecule has 1 aliphatic heterocycles. The van der Waals surface area contributed by atoms with Crippen LogP contribution in [-0.2, 0) is 15.2 Å². The van der Waals surface area contributed by atoms with E-state index in [-0.39, 0.29) is 12.2 Å². The van der Waals surface area contributed by atoms with Gasteiger partial charge in [-0.3, -0.25) is 9.59 Å². The van der Waals surface area contributed by atoms with Gasteiger partial charge in [-0.2, -0.15) is 0 Å². The number of aliphatic hydroxyl groups is 1. The first-order valence-corrected chi connectivity index (χ1v) is 8.55. The molecule has 2 aromatic rings.